The minimum Gasteiger partial charge on any atom is -0.310 e. The molecule has 84 valence electrons. The highest BCUT2D eigenvalue weighted by Crippen LogP contribution is 2.24. The normalized spacial score (nSPS) is 12.9. The molecule has 1 unspecified atom stereocenters. The van der Waals surface area contributed by atoms with E-state index in [0.29, 0.717) is 25.1 Å². The predicted octanol–water partition coefficient (Wildman–Crippen LogP) is 3.16. The van der Waals surface area contributed by atoms with E-state index >= 15 is 0 Å². The van der Waals surface area contributed by atoms with Gasteiger partial charge < -0.3 is 5.32 Å². The van der Waals surface area contributed by atoms with Crippen molar-refractivity contribution in [2.45, 2.75) is 26.3 Å². The second kappa shape index (κ2) is 5.16. The minimum atomic E-state index is -0.889. The molecule has 1 nitrogen and oxygen atoms in total. The van der Waals surface area contributed by atoms with Gasteiger partial charge in [0.15, 0.2) is 0 Å². The van der Waals surface area contributed by atoms with E-state index in [1.165, 1.54) is 0 Å². The first-order valence-electron chi connectivity index (χ1n) is 4.98. The molecule has 1 aromatic rings. The van der Waals surface area contributed by atoms with Gasteiger partial charge in [-0.05, 0) is 13.0 Å². The number of nitrogens with one attached hydrogen (secondary N) is 1. The van der Waals surface area contributed by atoms with E-state index in [0.717, 1.165) is 0 Å². The van der Waals surface area contributed by atoms with Crippen molar-refractivity contribution >= 4 is 0 Å². The van der Waals surface area contributed by atoms with Crippen LogP contribution in [-0.2, 0) is 0 Å². The van der Waals surface area contributed by atoms with Crippen molar-refractivity contribution in [2.24, 2.45) is 0 Å². The van der Waals surface area contributed by atoms with Crippen molar-refractivity contribution in [3.05, 3.63) is 35.1 Å². The van der Waals surface area contributed by atoms with Crippen LogP contribution in [0.2, 0.25) is 0 Å². The first-order chi connectivity index (χ1) is 7.10. The molecular weight excluding hydrogens is 203 g/mol. The summed E-state index contributed by atoms with van der Waals surface area (Å²) in [5.74, 6) is -2.55. The SMILES string of the molecule is CCNC(CC)c1c(F)cc(F)cc1F. The van der Waals surface area contributed by atoms with Crippen molar-refractivity contribution in [3.8, 4) is 0 Å². The smallest absolute Gasteiger partial charge is 0.133 e. The predicted molar refractivity (Wildman–Crippen MR) is 53.0 cm³/mol. The lowest BCUT2D eigenvalue weighted by Crippen LogP contribution is -2.22. The topological polar surface area (TPSA) is 12.0 Å². The van der Waals surface area contributed by atoms with Gasteiger partial charge in [0.1, 0.15) is 17.5 Å². The van der Waals surface area contributed by atoms with Crippen molar-refractivity contribution in [2.75, 3.05) is 6.54 Å². The number of rotatable bonds is 4. The monoisotopic (exact) mass is 217 g/mol. The Balaban J connectivity index is 3.11. The Bertz CT molecular complexity index is 316. The molecule has 0 amide bonds. The first-order valence-corrected chi connectivity index (χ1v) is 4.98. The largest absolute Gasteiger partial charge is 0.310 e. The average Bonchev–Trinajstić information content (AvgIpc) is 2.14. The van der Waals surface area contributed by atoms with Crippen molar-refractivity contribution in [1.82, 2.24) is 5.32 Å². The highest BCUT2D eigenvalue weighted by Gasteiger charge is 2.18. The Morgan fingerprint density at radius 3 is 2.07 bits per heavy atom. The zero-order chi connectivity index (χ0) is 11.4. The lowest BCUT2D eigenvalue weighted by Gasteiger charge is -2.17. The van der Waals surface area contributed by atoms with Crippen LogP contribution in [0.1, 0.15) is 31.9 Å². The minimum absolute atomic E-state index is 0.0826. The fourth-order valence-corrected chi connectivity index (χ4v) is 1.58. The van der Waals surface area contributed by atoms with Gasteiger partial charge in [0.2, 0.25) is 0 Å². The van der Waals surface area contributed by atoms with Crippen molar-refractivity contribution in [3.63, 3.8) is 0 Å². The molecule has 1 rings (SSSR count). The molecule has 0 saturated carbocycles. The van der Waals surface area contributed by atoms with E-state index in [1.54, 1.807) is 0 Å². The van der Waals surface area contributed by atoms with E-state index in [4.69, 9.17) is 0 Å². The molecule has 1 N–H and O–H groups in total. The highest BCUT2D eigenvalue weighted by molar-refractivity contribution is 5.24. The standard InChI is InChI=1S/C11H14F3N/c1-3-10(15-4-2)11-8(13)5-7(12)6-9(11)14/h5-6,10,15H,3-4H2,1-2H3. The molecule has 1 atom stereocenters. The quantitative estimate of drug-likeness (QED) is 0.816. The maximum Gasteiger partial charge on any atom is 0.133 e. The third-order valence-corrected chi connectivity index (χ3v) is 2.25. The van der Waals surface area contributed by atoms with Gasteiger partial charge in [-0.1, -0.05) is 13.8 Å². The van der Waals surface area contributed by atoms with Crippen molar-refractivity contribution in [1.29, 1.82) is 0 Å². The lowest BCUT2D eigenvalue weighted by atomic mass is 10.0. The Hall–Kier alpha value is -1.03. The molecule has 0 saturated heterocycles. The van der Waals surface area contributed by atoms with E-state index < -0.39 is 23.5 Å². The van der Waals surface area contributed by atoms with Gasteiger partial charge in [-0.2, -0.15) is 0 Å². The zero-order valence-electron chi connectivity index (χ0n) is 8.78. The second-order valence-electron chi connectivity index (χ2n) is 3.30. The number of hydrogen-bond acceptors (Lipinski definition) is 1. The van der Waals surface area contributed by atoms with E-state index in [9.17, 15) is 13.2 Å². The van der Waals surface area contributed by atoms with E-state index in [2.05, 4.69) is 5.32 Å². The van der Waals surface area contributed by atoms with Gasteiger partial charge in [-0.3, -0.25) is 0 Å². The molecule has 0 aliphatic heterocycles. The van der Waals surface area contributed by atoms with Crippen LogP contribution in [0.5, 0.6) is 0 Å². The van der Waals surface area contributed by atoms with Gasteiger partial charge in [0.05, 0.1) is 0 Å². The summed E-state index contributed by atoms with van der Waals surface area (Å²) in [4.78, 5) is 0. The van der Waals surface area contributed by atoms with E-state index in [-0.39, 0.29) is 5.56 Å². The fraction of sp³-hybridized carbons (Fsp3) is 0.455. The molecule has 4 heteroatoms. The highest BCUT2D eigenvalue weighted by atomic mass is 19.1. The lowest BCUT2D eigenvalue weighted by molar-refractivity contribution is 0.456. The Morgan fingerprint density at radius 1 is 1.13 bits per heavy atom. The number of halogens is 3. The Morgan fingerprint density at radius 2 is 1.67 bits per heavy atom. The first kappa shape index (κ1) is 12.0. The van der Waals surface area contributed by atoms with Crippen LogP contribution >= 0.6 is 0 Å². The van der Waals surface area contributed by atoms with Crippen LogP contribution in [-0.4, -0.2) is 6.54 Å². The van der Waals surface area contributed by atoms with Crippen LogP contribution in [0, 0.1) is 17.5 Å². The van der Waals surface area contributed by atoms with Gasteiger partial charge in [0, 0.05) is 23.7 Å². The molecule has 0 bridgehead atoms. The van der Waals surface area contributed by atoms with Crippen LogP contribution in [0.15, 0.2) is 12.1 Å². The van der Waals surface area contributed by atoms with Crippen LogP contribution in [0.4, 0.5) is 13.2 Å². The summed E-state index contributed by atoms with van der Waals surface area (Å²) in [7, 11) is 0. The third kappa shape index (κ3) is 2.72. The second-order valence-corrected chi connectivity index (χ2v) is 3.30. The van der Waals surface area contributed by atoms with Crippen LogP contribution in [0.25, 0.3) is 0 Å². The number of hydrogen-bond donors (Lipinski definition) is 1. The van der Waals surface area contributed by atoms with Crippen molar-refractivity contribution < 1.29 is 13.2 Å². The molecular formula is C11H14F3N. The van der Waals surface area contributed by atoms with Crippen LogP contribution in [0.3, 0.4) is 0 Å². The molecule has 0 fully saturated rings. The third-order valence-electron chi connectivity index (χ3n) is 2.25. The summed E-state index contributed by atoms with van der Waals surface area (Å²) < 4.78 is 39.4. The molecule has 0 spiro atoms. The fourth-order valence-electron chi connectivity index (χ4n) is 1.58. The summed E-state index contributed by atoms with van der Waals surface area (Å²) in [6, 6.07) is 1.01. The molecule has 0 aliphatic rings. The van der Waals surface area contributed by atoms with Gasteiger partial charge in [-0.25, -0.2) is 13.2 Å². The van der Waals surface area contributed by atoms with Gasteiger partial charge in [0.25, 0.3) is 0 Å². The summed E-state index contributed by atoms with van der Waals surface area (Å²) >= 11 is 0. The Labute approximate surface area is 87.3 Å². The van der Waals surface area contributed by atoms with Crippen LogP contribution < -0.4 is 5.32 Å². The summed E-state index contributed by atoms with van der Waals surface area (Å²) in [5.41, 5.74) is -0.0826. The summed E-state index contributed by atoms with van der Waals surface area (Å²) in [6.45, 7) is 4.27. The maximum atomic E-state index is 13.4. The molecule has 15 heavy (non-hydrogen) atoms. The Kier molecular flexibility index (Phi) is 4.15. The molecule has 0 aromatic heterocycles. The maximum absolute atomic E-state index is 13.4. The molecule has 0 radical (unpaired) electrons. The van der Waals surface area contributed by atoms with Gasteiger partial charge >= 0.3 is 0 Å². The molecule has 0 aliphatic carbocycles. The number of benzene rings is 1. The summed E-state index contributed by atoms with van der Waals surface area (Å²) in [5, 5.41) is 2.95. The zero-order valence-corrected chi connectivity index (χ0v) is 8.78. The van der Waals surface area contributed by atoms with E-state index in [1.807, 2.05) is 13.8 Å². The summed E-state index contributed by atoms with van der Waals surface area (Å²) in [6.07, 6.45) is 0.549. The van der Waals surface area contributed by atoms with Gasteiger partial charge in [-0.15, -0.1) is 0 Å². The average molecular weight is 217 g/mol. The molecule has 0 heterocycles. The molecule has 1 aromatic carbocycles.